The van der Waals surface area contributed by atoms with Crippen LogP contribution in [-0.2, 0) is 20.7 Å². The second-order valence-electron chi connectivity index (χ2n) is 9.23. The smallest absolute Gasteiger partial charge is 0.311 e. The molecule has 1 aliphatic rings. The Morgan fingerprint density at radius 1 is 1.15 bits per heavy atom. The number of aromatic nitrogens is 1. The van der Waals surface area contributed by atoms with Gasteiger partial charge >= 0.3 is 5.97 Å². The van der Waals surface area contributed by atoms with Crippen LogP contribution in [0.2, 0.25) is 0 Å². The third-order valence-electron chi connectivity index (χ3n) is 6.67. The van der Waals surface area contributed by atoms with Crippen molar-refractivity contribution < 1.29 is 33.4 Å². The van der Waals surface area contributed by atoms with Crippen molar-refractivity contribution >= 4 is 45.8 Å². The minimum absolute atomic E-state index is 0.0322. The van der Waals surface area contributed by atoms with Crippen molar-refractivity contribution in [1.82, 2.24) is 9.88 Å². The van der Waals surface area contributed by atoms with Crippen LogP contribution in [0.15, 0.2) is 59.2 Å². The second kappa shape index (κ2) is 12.5. The Bertz CT molecular complexity index is 1410. The number of aliphatic hydroxyl groups excluding tert-OH is 1. The van der Waals surface area contributed by atoms with E-state index in [1.807, 2.05) is 0 Å². The first-order valence-corrected chi connectivity index (χ1v) is 13.4. The maximum atomic E-state index is 13.4. The molecule has 0 aliphatic carbocycles. The summed E-state index contributed by atoms with van der Waals surface area (Å²) in [6.45, 7) is 3.02. The van der Waals surface area contributed by atoms with E-state index in [-0.39, 0.29) is 48.0 Å². The Morgan fingerprint density at radius 3 is 2.35 bits per heavy atom. The summed E-state index contributed by atoms with van der Waals surface area (Å²) >= 11 is 3.54. The molecule has 11 heteroatoms. The van der Waals surface area contributed by atoms with Crippen LogP contribution in [0.4, 0.5) is 10.1 Å². The van der Waals surface area contributed by atoms with Crippen molar-refractivity contribution in [3.05, 3.63) is 93.0 Å². The van der Waals surface area contributed by atoms with Crippen LogP contribution >= 0.6 is 15.9 Å². The molecule has 0 bridgehead atoms. The molecular formula is C29H27BrFN3O6. The summed E-state index contributed by atoms with van der Waals surface area (Å²) in [5.74, 6) is -2.97. The number of amides is 3. The number of carbonyl (C=O) groups excluding carboxylic acids is 4. The molecule has 0 fully saturated rings. The predicted molar refractivity (Wildman–Crippen MR) is 147 cm³/mol. The molecular weight excluding hydrogens is 585 g/mol. The summed E-state index contributed by atoms with van der Waals surface area (Å²) in [5, 5.41) is 11.1. The number of esters is 1. The average Bonchev–Trinajstić information content (AvgIpc) is 3.20. The largest absolute Gasteiger partial charge is 0.466 e. The van der Waals surface area contributed by atoms with Gasteiger partial charge in [-0.25, -0.2) is 4.39 Å². The number of nitrogens with zero attached hydrogens (tertiary/aromatic N) is 3. The van der Waals surface area contributed by atoms with Gasteiger partial charge < -0.3 is 14.7 Å². The molecule has 0 radical (unpaired) electrons. The normalized spacial score (nSPS) is 14.1. The Morgan fingerprint density at radius 2 is 1.77 bits per heavy atom. The number of halogens is 2. The number of hydrogen-bond donors (Lipinski definition) is 1. The highest BCUT2D eigenvalue weighted by Crippen LogP contribution is 2.38. The van der Waals surface area contributed by atoms with Crippen molar-refractivity contribution in [2.24, 2.45) is 5.92 Å². The van der Waals surface area contributed by atoms with Crippen molar-refractivity contribution in [3.8, 4) is 0 Å². The number of rotatable bonds is 11. The number of anilines is 1. The lowest BCUT2D eigenvalue weighted by atomic mass is 9.98. The molecule has 0 saturated carbocycles. The number of carbonyl (C=O) groups is 4. The van der Waals surface area contributed by atoms with Crippen LogP contribution in [0, 0.1) is 11.7 Å². The fourth-order valence-corrected chi connectivity index (χ4v) is 5.14. The van der Waals surface area contributed by atoms with Crippen LogP contribution < -0.4 is 4.90 Å². The summed E-state index contributed by atoms with van der Waals surface area (Å²) in [4.78, 5) is 57.2. The molecule has 2 atom stereocenters. The molecule has 4 rings (SSSR count). The first-order chi connectivity index (χ1) is 19.2. The molecule has 9 nitrogen and oxygen atoms in total. The van der Waals surface area contributed by atoms with Gasteiger partial charge in [-0.15, -0.1) is 0 Å². The van der Waals surface area contributed by atoms with Crippen LogP contribution in [0.3, 0.4) is 0 Å². The fourth-order valence-electron chi connectivity index (χ4n) is 4.47. The molecule has 2 aromatic carbocycles. The fraction of sp³-hybridized carbons (Fsp3) is 0.276. The first-order valence-electron chi connectivity index (χ1n) is 12.6. The Kier molecular flexibility index (Phi) is 9.06. The molecule has 1 N–H and O–H groups in total. The van der Waals surface area contributed by atoms with Gasteiger partial charge in [-0.3, -0.25) is 29.1 Å². The Labute approximate surface area is 238 Å². The number of benzene rings is 2. The SMILES string of the molecule is CCOC(=O)[C@H](C)C(O)c1ncc(Cc2ccc(F)cc2)c(Br)c1N(C=O)CCN1C(=O)c2ccccc2C1=O. The Balaban J connectivity index is 1.69. The maximum absolute atomic E-state index is 13.4. The van der Waals surface area contributed by atoms with Crippen molar-refractivity contribution in [2.75, 3.05) is 24.6 Å². The molecule has 3 amide bonds. The zero-order valence-electron chi connectivity index (χ0n) is 21.8. The van der Waals surface area contributed by atoms with E-state index in [9.17, 15) is 28.7 Å². The molecule has 208 valence electrons. The van der Waals surface area contributed by atoms with Gasteiger partial charge in [-0.1, -0.05) is 24.3 Å². The van der Waals surface area contributed by atoms with Gasteiger partial charge in [0.2, 0.25) is 6.41 Å². The first kappa shape index (κ1) is 29.0. The molecule has 3 aromatic rings. The minimum Gasteiger partial charge on any atom is -0.466 e. The zero-order chi connectivity index (χ0) is 29.0. The predicted octanol–water partition coefficient (Wildman–Crippen LogP) is 4.07. The summed E-state index contributed by atoms with van der Waals surface area (Å²) in [7, 11) is 0. The maximum Gasteiger partial charge on any atom is 0.311 e. The molecule has 1 aliphatic heterocycles. The van der Waals surface area contributed by atoms with E-state index in [0.29, 0.717) is 22.9 Å². The third-order valence-corrected chi connectivity index (χ3v) is 7.55. The Hall–Kier alpha value is -3.96. The number of ether oxygens (including phenoxy) is 1. The van der Waals surface area contributed by atoms with Crippen molar-refractivity contribution in [2.45, 2.75) is 26.4 Å². The van der Waals surface area contributed by atoms with Gasteiger partial charge in [-0.05, 0) is 65.2 Å². The number of pyridine rings is 1. The van der Waals surface area contributed by atoms with Crippen molar-refractivity contribution in [1.29, 1.82) is 0 Å². The topological polar surface area (TPSA) is 117 Å². The van der Waals surface area contributed by atoms with Crippen LogP contribution in [-0.4, -0.2) is 58.9 Å². The lowest BCUT2D eigenvalue weighted by Gasteiger charge is -2.28. The number of aliphatic hydroxyl groups is 1. The van der Waals surface area contributed by atoms with Gasteiger partial charge in [0, 0.05) is 30.2 Å². The molecule has 2 heterocycles. The molecule has 1 aromatic heterocycles. The standard InChI is InChI=1S/C29H27BrFN3O6/c1-3-40-29(39)17(2)26(36)24-25(23(30)19(15-32-24)14-18-8-10-20(31)11-9-18)33(16-35)12-13-34-27(37)21-6-4-5-7-22(21)28(34)38/h4-11,15-17,26,36H,3,12-14H2,1-2H3/t17-,26?/m1/s1. The average molecular weight is 612 g/mol. The quantitative estimate of drug-likeness (QED) is 0.197. The lowest BCUT2D eigenvalue weighted by molar-refractivity contribution is -0.151. The number of hydrogen-bond acceptors (Lipinski definition) is 7. The molecule has 1 unspecified atom stereocenters. The van der Waals surface area contributed by atoms with Crippen LogP contribution in [0.25, 0.3) is 0 Å². The van der Waals surface area contributed by atoms with E-state index in [1.54, 1.807) is 43.3 Å². The molecule has 0 saturated heterocycles. The van der Waals surface area contributed by atoms with E-state index in [0.717, 1.165) is 10.5 Å². The molecule has 0 spiro atoms. The van der Waals surface area contributed by atoms with Crippen LogP contribution in [0.5, 0.6) is 0 Å². The van der Waals surface area contributed by atoms with E-state index in [4.69, 9.17) is 4.74 Å². The zero-order valence-corrected chi connectivity index (χ0v) is 23.4. The summed E-state index contributed by atoms with van der Waals surface area (Å²) < 4.78 is 18.9. The van der Waals surface area contributed by atoms with Gasteiger partial charge in [0.1, 0.15) is 11.9 Å². The van der Waals surface area contributed by atoms with E-state index in [1.165, 1.54) is 30.2 Å². The van der Waals surface area contributed by atoms with E-state index in [2.05, 4.69) is 20.9 Å². The van der Waals surface area contributed by atoms with E-state index < -0.39 is 29.8 Å². The van der Waals surface area contributed by atoms with E-state index >= 15 is 0 Å². The summed E-state index contributed by atoms with van der Waals surface area (Å²) in [5.41, 5.74) is 2.17. The highest BCUT2D eigenvalue weighted by atomic mass is 79.9. The molecule has 40 heavy (non-hydrogen) atoms. The van der Waals surface area contributed by atoms with Gasteiger partial charge in [0.05, 0.1) is 35.0 Å². The highest BCUT2D eigenvalue weighted by Gasteiger charge is 2.36. The van der Waals surface area contributed by atoms with Crippen molar-refractivity contribution in [3.63, 3.8) is 0 Å². The lowest BCUT2D eigenvalue weighted by Crippen LogP contribution is -2.38. The van der Waals surface area contributed by atoms with Gasteiger partial charge in [0.15, 0.2) is 0 Å². The van der Waals surface area contributed by atoms with Gasteiger partial charge in [0.25, 0.3) is 11.8 Å². The third kappa shape index (κ3) is 5.80. The summed E-state index contributed by atoms with van der Waals surface area (Å²) in [6, 6.07) is 12.4. The second-order valence-corrected chi connectivity index (χ2v) is 10.0. The summed E-state index contributed by atoms with van der Waals surface area (Å²) in [6.07, 6.45) is 0.885. The number of imide groups is 1. The number of fused-ring (bicyclic) bond motifs is 1. The van der Waals surface area contributed by atoms with Crippen LogP contribution in [0.1, 0.15) is 57.5 Å². The minimum atomic E-state index is -1.44. The monoisotopic (exact) mass is 611 g/mol. The highest BCUT2D eigenvalue weighted by molar-refractivity contribution is 9.10. The van der Waals surface area contributed by atoms with Gasteiger partial charge in [-0.2, -0.15) is 0 Å².